The van der Waals surface area contributed by atoms with Crippen LogP contribution in [0.5, 0.6) is 17.2 Å². The van der Waals surface area contributed by atoms with Crippen molar-refractivity contribution in [1.82, 2.24) is 0 Å². The highest BCUT2D eigenvalue weighted by Crippen LogP contribution is 2.38. The Kier molecular flexibility index (Phi) is 5.02. The molecule has 0 saturated heterocycles. The Bertz CT molecular complexity index is 1300. The van der Waals surface area contributed by atoms with Crippen LogP contribution >= 0.6 is 0 Å². The van der Waals surface area contributed by atoms with Crippen LogP contribution in [0.1, 0.15) is 21.9 Å². The van der Waals surface area contributed by atoms with Crippen LogP contribution in [0.25, 0.3) is 11.0 Å². The van der Waals surface area contributed by atoms with Gasteiger partial charge in [-0.1, -0.05) is 17.7 Å². The van der Waals surface area contributed by atoms with Crippen LogP contribution < -0.4 is 14.9 Å². The van der Waals surface area contributed by atoms with Gasteiger partial charge in [-0.25, -0.2) is 4.79 Å². The molecular weight excluding hydrogens is 417 g/mol. The Balaban J connectivity index is 1.78. The first-order chi connectivity index (χ1) is 14.7. The molecule has 0 fully saturated rings. The first-order valence-corrected chi connectivity index (χ1v) is 8.90. The number of hydrogen-bond acceptors (Lipinski definition) is 6. The van der Waals surface area contributed by atoms with Gasteiger partial charge < -0.3 is 18.3 Å². The summed E-state index contributed by atoms with van der Waals surface area (Å²) in [5.74, 6) is -3.62. The smallest absolute Gasteiger partial charge is 0.453 e. The molecule has 0 amide bonds. The zero-order valence-electron chi connectivity index (χ0n) is 15.9. The molecule has 0 unspecified atom stereocenters. The van der Waals surface area contributed by atoms with Crippen LogP contribution in [-0.4, -0.2) is 5.97 Å². The number of carbonyl (C=O) groups excluding carboxylic acids is 1. The summed E-state index contributed by atoms with van der Waals surface area (Å²) in [6.07, 6.45) is -3.74. The van der Waals surface area contributed by atoms with Gasteiger partial charge in [0.15, 0.2) is 0 Å². The molecule has 0 aliphatic heterocycles. The molecule has 0 spiro atoms. The van der Waals surface area contributed by atoms with Gasteiger partial charge in [-0.05, 0) is 43.3 Å². The predicted octanol–water partition coefficient (Wildman–Crippen LogP) is 5.72. The van der Waals surface area contributed by atoms with E-state index in [1.807, 2.05) is 0 Å². The number of aryl methyl sites for hydroxylation is 1. The topological polar surface area (TPSA) is 78.9 Å². The van der Waals surface area contributed by atoms with E-state index in [1.54, 1.807) is 19.1 Å². The number of halogens is 3. The molecule has 2 heterocycles. The maximum atomic E-state index is 13.6. The first kappa shape index (κ1) is 20.3. The van der Waals surface area contributed by atoms with Crippen LogP contribution in [0, 0.1) is 6.92 Å². The minimum Gasteiger partial charge on any atom is -0.457 e. The van der Waals surface area contributed by atoms with Gasteiger partial charge in [0.1, 0.15) is 17.1 Å². The molecule has 0 aliphatic rings. The van der Waals surface area contributed by atoms with Crippen molar-refractivity contribution in [3.8, 4) is 17.2 Å². The number of benzene rings is 2. The summed E-state index contributed by atoms with van der Waals surface area (Å²) in [4.78, 5) is 24.8. The van der Waals surface area contributed by atoms with Crippen molar-refractivity contribution in [2.45, 2.75) is 13.1 Å². The summed E-state index contributed by atoms with van der Waals surface area (Å²) >= 11 is 0. The second kappa shape index (κ2) is 7.67. The molecule has 0 bridgehead atoms. The normalized spacial score (nSPS) is 11.5. The van der Waals surface area contributed by atoms with Gasteiger partial charge in [-0.15, -0.1) is 0 Å². The molecule has 2 aromatic carbocycles. The SMILES string of the molecule is Cc1ccc(Oc2c(C(F)(F)F)oc3cc(OC(=O)c4ccco4)ccc3c2=O)cc1. The average Bonchev–Trinajstić information content (AvgIpc) is 3.26. The summed E-state index contributed by atoms with van der Waals surface area (Å²) in [6.45, 7) is 1.80. The average molecular weight is 430 g/mol. The number of furan rings is 1. The fourth-order valence-electron chi connectivity index (χ4n) is 2.78. The lowest BCUT2D eigenvalue weighted by Gasteiger charge is -2.13. The van der Waals surface area contributed by atoms with Crippen LogP contribution in [-0.2, 0) is 6.18 Å². The maximum Gasteiger partial charge on any atom is 0.453 e. The monoisotopic (exact) mass is 430 g/mol. The minimum atomic E-state index is -5.01. The van der Waals surface area contributed by atoms with Crippen LogP contribution in [0.2, 0.25) is 0 Å². The van der Waals surface area contributed by atoms with Gasteiger partial charge >= 0.3 is 12.1 Å². The third kappa shape index (κ3) is 4.16. The number of hydrogen-bond donors (Lipinski definition) is 0. The van der Waals surface area contributed by atoms with Crippen molar-refractivity contribution in [1.29, 1.82) is 0 Å². The predicted molar refractivity (Wildman–Crippen MR) is 102 cm³/mol. The van der Waals surface area contributed by atoms with Crippen molar-refractivity contribution in [2.75, 3.05) is 0 Å². The molecule has 0 aliphatic carbocycles. The third-order valence-corrected chi connectivity index (χ3v) is 4.25. The lowest BCUT2D eigenvalue weighted by atomic mass is 10.2. The summed E-state index contributed by atoms with van der Waals surface area (Å²) in [5, 5.41) is -0.173. The molecule has 31 heavy (non-hydrogen) atoms. The number of carbonyl (C=O) groups is 1. The van der Waals surface area contributed by atoms with Crippen molar-refractivity contribution < 1.29 is 36.3 Å². The molecule has 6 nitrogen and oxygen atoms in total. The first-order valence-electron chi connectivity index (χ1n) is 8.90. The Morgan fingerprint density at radius 3 is 2.35 bits per heavy atom. The molecular formula is C22H13F3O6. The minimum absolute atomic E-state index is 0.0479. The van der Waals surface area contributed by atoms with Gasteiger partial charge in [-0.3, -0.25) is 4.79 Å². The van der Waals surface area contributed by atoms with Gasteiger partial charge in [0.05, 0.1) is 11.6 Å². The summed E-state index contributed by atoms with van der Waals surface area (Å²) in [6, 6.07) is 12.4. The highest BCUT2D eigenvalue weighted by atomic mass is 19.4. The molecule has 4 rings (SSSR count). The molecule has 2 aromatic heterocycles. The maximum absolute atomic E-state index is 13.6. The van der Waals surface area contributed by atoms with Gasteiger partial charge in [0.2, 0.25) is 16.9 Å². The van der Waals surface area contributed by atoms with E-state index in [0.29, 0.717) is 0 Å². The molecule has 0 radical (unpaired) electrons. The Morgan fingerprint density at radius 2 is 1.71 bits per heavy atom. The van der Waals surface area contributed by atoms with E-state index in [4.69, 9.17) is 18.3 Å². The standard InChI is InChI=1S/C22H13F3O6/c1-12-4-6-13(7-5-12)29-19-18(26)15-9-8-14(30-21(27)16-3-2-10-28-16)11-17(15)31-20(19)22(23,24)25/h2-11H,1H3. The lowest BCUT2D eigenvalue weighted by molar-refractivity contribution is -0.154. The second-order valence-corrected chi connectivity index (χ2v) is 6.53. The van der Waals surface area contributed by atoms with Gasteiger partial charge in [-0.2, -0.15) is 13.2 Å². The van der Waals surface area contributed by atoms with Crippen LogP contribution in [0.4, 0.5) is 13.2 Å². The zero-order chi connectivity index (χ0) is 22.2. The lowest BCUT2D eigenvalue weighted by Crippen LogP contribution is -2.15. The van der Waals surface area contributed by atoms with E-state index in [-0.39, 0.29) is 22.6 Å². The van der Waals surface area contributed by atoms with E-state index in [2.05, 4.69) is 0 Å². The van der Waals surface area contributed by atoms with Gasteiger partial charge in [0.25, 0.3) is 5.76 Å². The Labute approximate surface area is 172 Å². The van der Waals surface area contributed by atoms with Crippen molar-refractivity contribution in [3.05, 3.63) is 88.2 Å². The van der Waals surface area contributed by atoms with E-state index in [1.165, 1.54) is 42.7 Å². The van der Waals surface area contributed by atoms with E-state index in [0.717, 1.165) is 11.6 Å². The molecule has 0 saturated carbocycles. The van der Waals surface area contributed by atoms with E-state index >= 15 is 0 Å². The highest BCUT2D eigenvalue weighted by molar-refractivity contribution is 5.89. The van der Waals surface area contributed by atoms with Crippen molar-refractivity contribution in [3.63, 3.8) is 0 Å². The molecule has 158 valence electrons. The second-order valence-electron chi connectivity index (χ2n) is 6.53. The highest BCUT2D eigenvalue weighted by Gasteiger charge is 2.40. The van der Waals surface area contributed by atoms with E-state index < -0.39 is 34.7 Å². The fourth-order valence-corrected chi connectivity index (χ4v) is 2.78. The molecule has 0 atom stereocenters. The quantitative estimate of drug-likeness (QED) is 0.304. The Hall–Kier alpha value is -4.01. The number of fused-ring (bicyclic) bond motifs is 1. The van der Waals surface area contributed by atoms with Crippen molar-refractivity contribution in [2.24, 2.45) is 0 Å². The van der Waals surface area contributed by atoms with Crippen LogP contribution in [0.3, 0.4) is 0 Å². The van der Waals surface area contributed by atoms with E-state index in [9.17, 15) is 22.8 Å². The third-order valence-electron chi connectivity index (χ3n) is 4.25. The number of esters is 1. The number of alkyl halides is 3. The molecule has 9 heteroatoms. The zero-order valence-corrected chi connectivity index (χ0v) is 15.9. The largest absolute Gasteiger partial charge is 0.457 e. The number of ether oxygens (including phenoxy) is 2. The summed E-state index contributed by atoms with van der Waals surface area (Å²) in [7, 11) is 0. The number of rotatable bonds is 4. The van der Waals surface area contributed by atoms with Crippen molar-refractivity contribution >= 4 is 16.9 Å². The fraction of sp³-hybridized carbons (Fsp3) is 0.0909. The summed E-state index contributed by atoms with van der Waals surface area (Å²) in [5.41, 5.74) is -0.568. The molecule has 4 aromatic rings. The summed E-state index contributed by atoms with van der Waals surface area (Å²) < 4.78 is 61.0. The molecule has 0 N–H and O–H groups in total. The Morgan fingerprint density at radius 1 is 1.00 bits per heavy atom. The van der Waals surface area contributed by atoms with Gasteiger partial charge in [0, 0.05) is 6.07 Å². The van der Waals surface area contributed by atoms with Crippen LogP contribution in [0.15, 0.2) is 74.5 Å².